The summed E-state index contributed by atoms with van der Waals surface area (Å²) in [5.41, 5.74) is 0.730. The van der Waals surface area contributed by atoms with E-state index >= 15 is 0 Å². The summed E-state index contributed by atoms with van der Waals surface area (Å²) in [6, 6.07) is 17.5. The average molecular weight is 354 g/mol. The summed E-state index contributed by atoms with van der Waals surface area (Å²) in [5.74, 6) is -1.85. The van der Waals surface area contributed by atoms with Crippen molar-refractivity contribution in [1.82, 2.24) is 0 Å². The van der Waals surface area contributed by atoms with E-state index in [0.717, 1.165) is 5.56 Å². The third kappa shape index (κ3) is 6.60. The standard InChI is InChI=1S/C20H18O6/c1-15(12-18(21)24-13-16-8-4-2-5-9-16)20(23)25-14-19(22)26-17-10-6-3-7-11-17/h2-11H,1,12-14H2. The molecule has 0 bridgehead atoms. The molecular formula is C20H18O6. The first-order valence-electron chi connectivity index (χ1n) is 7.85. The van der Waals surface area contributed by atoms with Crippen LogP contribution < -0.4 is 4.74 Å². The summed E-state index contributed by atoms with van der Waals surface area (Å²) in [5, 5.41) is 0. The van der Waals surface area contributed by atoms with E-state index < -0.39 is 24.5 Å². The number of rotatable bonds is 8. The molecular weight excluding hydrogens is 336 g/mol. The predicted molar refractivity (Wildman–Crippen MR) is 93.0 cm³/mol. The molecule has 0 fully saturated rings. The first-order valence-corrected chi connectivity index (χ1v) is 7.85. The van der Waals surface area contributed by atoms with Gasteiger partial charge >= 0.3 is 17.9 Å². The van der Waals surface area contributed by atoms with Crippen molar-refractivity contribution in [2.45, 2.75) is 13.0 Å². The molecule has 0 heterocycles. The topological polar surface area (TPSA) is 78.9 Å². The van der Waals surface area contributed by atoms with Crippen LogP contribution in [0.5, 0.6) is 5.75 Å². The van der Waals surface area contributed by atoms with Crippen molar-refractivity contribution >= 4 is 17.9 Å². The van der Waals surface area contributed by atoms with Gasteiger partial charge in [-0.1, -0.05) is 55.1 Å². The van der Waals surface area contributed by atoms with Crippen molar-refractivity contribution in [3.63, 3.8) is 0 Å². The van der Waals surface area contributed by atoms with Crippen molar-refractivity contribution < 1.29 is 28.6 Å². The second kappa shape index (κ2) is 9.78. The van der Waals surface area contributed by atoms with Gasteiger partial charge in [0.25, 0.3) is 0 Å². The molecule has 0 saturated heterocycles. The maximum absolute atomic E-state index is 11.8. The van der Waals surface area contributed by atoms with Gasteiger partial charge in [-0.25, -0.2) is 9.59 Å². The van der Waals surface area contributed by atoms with Crippen LogP contribution in [0.2, 0.25) is 0 Å². The lowest BCUT2D eigenvalue weighted by Crippen LogP contribution is -2.20. The molecule has 6 nitrogen and oxygen atoms in total. The van der Waals surface area contributed by atoms with E-state index in [-0.39, 0.29) is 18.6 Å². The van der Waals surface area contributed by atoms with E-state index in [4.69, 9.17) is 14.2 Å². The van der Waals surface area contributed by atoms with Gasteiger partial charge in [0.2, 0.25) is 0 Å². The number of hydrogen-bond acceptors (Lipinski definition) is 6. The summed E-state index contributed by atoms with van der Waals surface area (Å²) in [6.07, 6.45) is -0.320. The molecule has 0 aliphatic carbocycles. The lowest BCUT2D eigenvalue weighted by atomic mass is 10.2. The predicted octanol–water partition coefficient (Wildman–Crippen LogP) is 2.82. The Morgan fingerprint density at radius 1 is 0.808 bits per heavy atom. The fourth-order valence-corrected chi connectivity index (χ4v) is 1.91. The van der Waals surface area contributed by atoms with Crippen LogP contribution in [0.1, 0.15) is 12.0 Å². The molecule has 2 rings (SSSR count). The molecule has 2 aromatic rings. The van der Waals surface area contributed by atoms with Crippen LogP contribution in [0.4, 0.5) is 0 Å². The lowest BCUT2D eigenvalue weighted by molar-refractivity contribution is -0.152. The molecule has 2 aromatic carbocycles. The van der Waals surface area contributed by atoms with Gasteiger partial charge in [0.15, 0.2) is 6.61 Å². The molecule has 0 aromatic heterocycles. The molecule has 6 heteroatoms. The number of benzene rings is 2. The summed E-state index contributed by atoms with van der Waals surface area (Å²) in [7, 11) is 0. The van der Waals surface area contributed by atoms with Gasteiger partial charge in [-0.05, 0) is 17.7 Å². The normalized spacial score (nSPS) is 9.85. The van der Waals surface area contributed by atoms with E-state index in [2.05, 4.69) is 6.58 Å². The minimum absolute atomic E-state index is 0.101. The molecule has 0 amide bonds. The van der Waals surface area contributed by atoms with Crippen LogP contribution >= 0.6 is 0 Å². The minimum atomic E-state index is -0.855. The summed E-state index contributed by atoms with van der Waals surface area (Å²) in [6.45, 7) is 3.01. The van der Waals surface area contributed by atoms with Crippen molar-refractivity contribution in [2.24, 2.45) is 0 Å². The highest BCUT2D eigenvalue weighted by Crippen LogP contribution is 2.09. The highest BCUT2D eigenvalue weighted by molar-refractivity contribution is 5.94. The highest BCUT2D eigenvalue weighted by Gasteiger charge is 2.16. The highest BCUT2D eigenvalue weighted by atomic mass is 16.6. The van der Waals surface area contributed by atoms with Crippen molar-refractivity contribution in [3.05, 3.63) is 78.4 Å². The first-order chi connectivity index (χ1) is 12.5. The maximum atomic E-state index is 11.8. The van der Waals surface area contributed by atoms with Gasteiger partial charge in [-0.15, -0.1) is 0 Å². The molecule has 26 heavy (non-hydrogen) atoms. The van der Waals surface area contributed by atoms with Crippen LogP contribution in [-0.2, 0) is 30.5 Å². The molecule has 134 valence electrons. The number of esters is 3. The van der Waals surface area contributed by atoms with E-state index in [9.17, 15) is 14.4 Å². The molecule has 0 unspecified atom stereocenters. The van der Waals surface area contributed by atoms with Crippen LogP contribution in [0.3, 0.4) is 0 Å². The molecule has 0 spiro atoms. The Balaban J connectivity index is 1.69. The van der Waals surface area contributed by atoms with E-state index in [1.54, 1.807) is 30.3 Å². The molecule has 0 radical (unpaired) electrons. The molecule has 0 aliphatic heterocycles. The van der Waals surface area contributed by atoms with E-state index in [1.807, 2.05) is 30.3 Å². The van der Waals surface area contributed by atoms with Crippen LogP contribution in [0, 0.1) is 0 Å². The maximum Gasteiger partial charge on any atom is 0.349 e. The Labute approximate surface area is 151 Å². The Kier molecular flexibility index (Phi) is 7.12. The zero-order valence-corrected chi connectivity index (χ0v) is 14.1. The van der Waals surface area contributed by atoms with Gasteiger partial charge in [-0.3, -0.25) is 4.79 Å². The van der Waals surface area contributed by atoms with Crippen molar-refractivity contribution in [2.75, 3.05) is 6.61 Å². The fourth-order valence-electron chi connectivity index (χ4n) is 1.91. The number of carbonyl (C=O) groups is 3. The number of ether oxygens (including phenoxy) is 3. The Bertz CT molecular complexity index is 767. The number of carbonyl (C=O) groups excluding carboxylic acids is 3. The molecule has 0 N–H and O–H groups in total. The largest absolute Gasteiger partial charge is 0.461 e. The second-order valence-corrected chi connectivity index (χ2v) is 5.29. The quantitative estimate of drug-likeness (QED) is 0.412. The number of para-hydroxylation sites is 1. The van der Waals surface area contributed by atoms with E-state index in [1.165, 1.54) is 0 Å². The van der Waals surface area contributed by atoms with Gasteiger partial charge < -0.3 is 14.2 Å². The molecule has 0 saturated carbocycles. The summed E-state index contributed by atoms with van der Waals surface area (Å²) >= 11 is 0. The van der Waals surface area contributed by atoms with Gasteiger partial charge in [0, 0.05) is 5.57 Å². The second-order valence-electron chi connectivity index (χ2n) is 5.29. The fraction of sp³-hybridized carbons (Fsp3) is 0.150. The number of hydrogen-bond donors (Lipinski definition) is 0. The Morgan fingerprint density at radius 3 is 2.08 bits per heavy atom. The summed E-state index contributed by atoms with van der Waals surface area (Å²) < 4.78 is 14.8. The van der Waals surface area contributed by atoms with Gasteiger partial charge in [-0.2, -0.15) is 0 Å². The lowest BCUT2D eigenvalue weighted by Gasteiger charge is -2.08. The third-order valence-corrected chi connectivity index (χ3v) is 3.19. The van der Waals surface area contributed by atoms with Gasteiger partial charge in [0.05, 0.1) is 6.42 Å². The Morgan fingerprint density at radius 2 is 1.42 bits per heavy atom. The van der Waals surface area contributed by atoms with Crippen molar-refractivity contribution in [3.8, 4) is 5.75 Å². The molecule has 0 aliphatic rings. The monoisotopic (exact) mass is 354 g/mol. The molecule has 0 atom stereocenters. The van der Waals surface area contributed by atoms with Crippen molar-refractivity contribution in [1.29, 1.82) is 0 Å². The van der Waals surface area contributed by atoms with Gasteiger partial charge in [0.1, 0.15) is 12.4 Å². The minimum Gasteiger partial charge on any atom is -0.461 e. The smallest absolute Gasteiger partial charge is 0.349 e. The van der Waals surface area contributed by atoms with Crippen LogP contribution in [0.25, 0.3) is 0 Å². The Hall–Kier alpha value is -3.41. The van der Waals surface area contributed by atoms with E-state index in [0.29, 0.717) is 5.75 Å². The third-order valence-electron chi connectivity index (χ3n) is 3.19. The average Bonchev–Trinajstić information content (AvgIpc) is 2.66. The van der Waals surface area contributed by atoms with Crippen LogP contribution in [-0.4, -0.2) is 24.5 Å². The van der Waals surface area contributed by atoms with Crippen LogP contribution in [0.15, 0.2) is 72.8 Å². The zero-order chi connectivity index (χ0) is 18.8. The first kappa shape index (κ1) is 18.9. The zero-order valence-electron chi connectivity index (χ0n) is 14.1. The SMILES string of the molecule is C=C(CC(=O)OCc1ccccc1)C(=O)OCC(=O)Oc1ccccc1. The summed E-state index contributed by atoms with van der Waals surface area (Å²) in [4.78, 5) is 35.1.